The molecule has 0 unspecified atom stereocenters. The maximum atomic E-state index is 13.3. The van der Waals surface area contributed by atoms with Crippen LogP contribution in [0.4, 0.5) is 0 Å². The Morgan fingerprint density at radius 3 is 2.29 bits per heavy atom. The lowest BCUT2D eigenvalue weighted by atomic mass is 9.93. The van der Waals surface area contributed by atoms with Gasteiger partial charge in [0.1, 0.15) is 17.5 Å². The van der Waals surface area contributed by atoms with Crippen molar-refractivity contribution in [1.82, 2.24) is 9.80 Å². The normalized spacial score (nSPS) is 21.1. The highest BCUT2D eigenvalue weighted by molar-refractivity contribution is 5.87. The lowest BCUT2D eigenvalue weighted by Crippen LogP contribution is -2.50. The highest BCUT2D eigenvalue weighted by atomic mass is 16.6. The molecule has 7 nitrogen and oxygen atoms in total. The summed E-state index contributed by atoms with van der Waals surface area (Å²) in [7, 11) is 0. The number of esters is 1. The number of ether oxygens (including phenoxy) is 2. The minimum atomic E-state index is -0.598. The van der Waals surface area contributed by atoms with Crippen molar-refractivity contribution < 1.29 is 19.1 Å². The molecule has 0 bridgehead atoms. The second-order valence-electron chi connectivity index (χ2n) is 9.91. The quantitative estimate of drug-likeness (QED) is 0.632. The first-order valence-corrected chi connectivity index (χ1v) is 11.7. The first-order valence-electron chi connectivity index (χ1n) is 11.7. The van der Waals surface area contributed by atoms with Crippen LogP contribution in [-0.2, 0) is 20.9 Å². The fourth-order valence-corrected chi connectivity index (χ4v) is 4.46. The summed E-state index contributed by atoms with van der Waals surface area (Å²) in [5, 5.41) is 9.01. The molecule has 0 saturated carbocycles. The van der Waals surface area contributed by atoms with E-state index in [1.807, 2.05) is 37.8 Å². The third kappa shape index (κ3) is 5.75. The van der Waals surface area contributed by atoms with Crippen LogP contribution < -0.4 is 4.74 Å². The van der Waals surface area contributed by atoms with Crippen molar-refractivity contribution in [3.63, 3.8) is 0 Å². The predicted molar refractivity (Wildman–Crippen MR) is 127 cm³/mol. The summed E-state index contributed by atoms with van der Waals surface area (Å²) in [4.78, 5) is 29.5. The topological polar surface area (TPSA) is 82.9 Å². The Morgan fingerprint density at radius 1 is 1.06 bits per heavy atom. The molecule has 0 spiro atoms. The summed E-state index contributed by atoms with van der Waals surface area (Å²) in [6.45, 7) is 9.69. The first-order chi connectivity index (χ1) is 16.2. The van der Waals surface area contributed by atoms with Gasteiger partial charge in [-0.1, -0.05) is 24.3 Å². The number of hydrogen-bond acceptors (Lipinski definition) is 6. The summed E-state index contributed by atoms with van der Waals surface area (Å²) in [5.41, 5.74) is 2.26. The van der Waals surface area contributed by atoms with E-state index in [1.165, 1.54) is 5.56 Å². The van der Waals surface area contributed by atoms with E-state index in [4.69, 9.17) is 14.7 Å². The molecule has 2 atom stereocenters. The summed E-state index contributed by atoms with van der Waals surface area (Å²) < 4.78 is 11.4. The number of benzene rings is 2. The fraction of sp³-hybridized carbons (Fsp3) is 0.444. The Kier molecular flexibility index (Phi) is 6.90. The Hall–Kier alpha value is -3.37. The van der Waals surface area contributed by atoms with Crippen LogP contribution in [0.25, 0.3) is 0 Å². The van der Waals surface area contributed by atoms with E-state index >= 15 is 0 Å². The van der Waals surface area contributed by atoms with Gasteiger partial charge in [0, 0.05) is 32.7 Å². The highest BCUT2D eigenvalue weighted by Crippen LogP contribution is 2.37. The zero-order valence-electron chi connectivity index (χ0n) is 20.0. The third-order valence-corrected chi connectivity index (χ3v) is 6.13. The molecule has 1 amide bonds. The largest absolute Gasteiger partial charge is 0.488 e. The van der Waals surface area contributed by atoms with Gasteiger partial charge in [0.25, 0.3) is 0 Å². The zero-order chi connectivity index (χ0) is 24.3. The lowest BCUT2D eigenvalue weighted by Gasteiger charge is -2.36. The standard InChI is InChI=1S/C27H31N3O4/c1-27(2,3)34-22-10-6-20(7-11-22)18-29-12-14-30(15-13-29)26(32)23-16-24(31)33-25(23)21-8-4-19(17-28)5-9-21/h4-11,23,25H,12-16,18H2,1-3H3/t23-,25+/m0/s1. The monoisotopic (exact) mass is 461 g/mol. The average Bonchev–Trinajstić information content (AvgIpc) is 3.21. The van der Waals surface area contributed by atoms with Gasteiger partial charge in [0.15, 0.2) is 0 Å². The molecule has 0 N–H and O–H groups in total. The minimum absolute atomic E-state index is 0.0384. The molecule has 2 aromatic carbocycles. The molecule has 2 fully saturated rings. The van der Waals surface area contributed by atoms with Gasteiger partial charge in [-0.15, -0.1) is 0 Å². The van der Waals surface area contributed by atoms with Crippen LogP contribution >= 0.6 is 0 Å². The Balaban J connectivity index is 1.33. The Morgan fingerprint density at radius 2 is 1.71 bits per heavy atom. The Bertz CT molecular complexity index is 1060. The van der Waals surface area contributed by atoms with Crippen molar-refractivity contribution in [2.75, 3.05) is 26.2 Å². The number of nitrogens with zero attached hydrogens (tertiary/aromatic N) is 3. The lowest BCUT2D eigenvalue weighted by molar-refractivity contribution is -0.142. The average molecular weight is 462 g/mol. The smallest absolute Gasteiger partial charge is 0.307 e. The van der Waals surface area contributed by atoms with Crippen molar-refractivity contribution in [2.24, 2.45) is 5.92 Å². The van der Waals surface area contributed by atoms with Gasteiger partial charge in [0.2, 0.25) is 5.91 Å². The van der Waals surface area contributed by atoms with Gasteiger partial charge in [-0.25, -0.2) is 0 Å². The number of carbonyl (C=O) groups excluding carboxylic acids is 2. The number of cyclic esters (lactones) is 1. The third-order valence-electron chi connectivity index (χ3n) is 6.13. The molecule has 2 aliphatic rings. The van der Waals surface area contributed by atoms with E-state index in [0.717, 1.165) is 30.9 Å². The van der Waals surface area contributed by atoms with Gasteiger partial charge < -0.3 is 14.4 Å². The molecule has 2 aliphatic heterocycles. The number of amides is 1. The van der Waals surface area contributed by atoms with Crippen molar-refractivity contribution in [3.8, 4) is 11.8 Å². The number of piperazine rings is 1. The molecule has 2 saturated heterocycles. The summed E-state index contributed by atoms with van der Waals surface area (Å²) in [6.07, 6.45) is -0.508. The molecule has 7 heteroatoms. The van der Waals surface area contributed by atoms with Crippen molar-refractivity contribution in [2.45, 2.75) is 45.4 Å². The van der Waals surface area contributed by atoms with Crippen molar-refractivity contribution >= 4 is 11.9 Å². The molecule has 0 aliphatic carbocycles. The Labute approximate surface area is 200 Å². The van der Waals surface area contributed by atoms with E-state index in [-0.39, 0.29) is 23.9 Å². The summed E-state index contributed by atoms with van der Waals surface area (Å²) in [5.74, 6) is -0.0621. The zero-order valence-corrected chi connectivity index (χ0v) is 20.0. The number of carbonyl (C=O) groups is 2. The number of hydrogen-bond donors (Lipinski definition) is 0. The predicted octanol–water partition coefficient (Wildman–Crippen LogP) is 3.68. The fourth-order valence-electron chi connectivity index (χ4n) is 4.46. The number of rotatable bonds is 5. The van der Waals surface area contributed by atoms with Crippen molar-refractivity contribution in [3.05, 3.63) is 65.2 Å². The van der Waals surface area contributed by atoms with Crippen LogP contribution in [0.2, 0.25) is 0 Å². The molecule has 0 radical (unpaired) electrons. The number of nitriles is 1. The second-order valence-corrected chi connectivity index (χ2v) is 9.91. The molecule has 4 rings (SSSR count). The molecule has 2 heterocycles. The highest BCUT2D eigenvalue weighted by Gasteiger charge is 2.43. The van der Waals surface area contributed by atoms with E-state index in [2.05, 4.69) is 23.1 Å². The minimum Gasteiger partial charge on any atom is -0.488 e. The van der Waals surface area contributed by atoms with Crippen molar-refractivity contribution in [1.29, 1.82) is 5.26 Å². The molecular weight excluding hydrogens is 430 g/mol. The molecule has 178 valence electrons. The second kappa shape index (κ2) is 9.86. The van der Waals surface area contributed by atoms with Gasteiger partial charge in [0.05, 0.1) is 24.0 Å². The van der Waals surface area contributed by atoms with Crippen LogP contribution in [0.1, 0.15) is 50.0 Å². The summed E-state index contributed by atoms with van der Waals surface area (Å²) in [6, 6.07) is 17.1. The van der Waals surface area contributed by atoms with Crippen LogP contribution in [0, 0.1) is 17.2 Å². The maximum absolute atomic E-state index is 13.3. The maximum Gasteiger partial charge on any atom is 0.307 e. The van der Waals surface area contributed by atoms with E-state index in [1.54, 1.807) is 24.3 Å². The first kappa shape index (κ1) is 23.8. The van der Waals surface area contributed by atoms with Crippen LogP contribution in [0.3, 0.4) is 0 Å². The van der Waals surface area contributed by atoms with Gasteiger partial charge >= 0.3 is 5.97 Å². The van der Waals surface area contributed by atoms with Crippen LogP contribution in [0.15, 0.2) is 48.5 Å². The van der Waals surface area contributed by atoms with Crippen LogP contribution in [-0.4, -0.2) is 53.5 Å². The van der Waals surface area contributed by atoms with Gasteiger partial charge in [-0.3, -0.25) is 14.5 Å². The molecule has 2 aromatic rings. The summed E-state index contributed by atoms with van der Waals surface area (Å²) >= 11 is 0. The SMILES string of the molecule is CC(C)(C)Oc1ccc(CN2CCN(C(=O)[C@H]3CC(=O)O[C@@H]3c3ccc(C#N)cc3)CC2)cc1. The van der Waals surface area contributed by atoms with E-state index in [0.29, 0.717) is 18.7 Å². The van der Waals surface area contributed by atoms with Gasteiger partial charge in [-0.2, -0.15) is 5.26 Å². The van der Waals surface area contributed by atoms with E-state index < -0.39 is 12.0 Å². The molecule has 0 aromatic heterocycles. The molecule has 34 heavy (non-hydrogen) atoms. The van der Waals surface area contributed by atoms with Gasteiger partial charge in [-0.05, 0) is 56.2 Å². The van der Waals surface area contributed by atoms with E-state index in [9.17, 15) is 9.59 Å². The molecular formula is C27H31N3O4. The van der Waals surface area contributed by atoms with Crippen LogP contribution in [0.5, 0.6) is 5.75 Å².